The predicted octanol–water partition coefficient (Wildman–Crippen LogP) is 1.05. The van der Waals surface area contributed by atoms with Gasteiger partial charge in [-0.1, -0.05) is 24.1 Å². The van der Waals surface area contributed by atoms with E-state index >= 15 is 0 Å². The molecule has 2 nitrogen and oxygen atoms in total. The van der Waals surface area contributed by atoms with Crippen LogP contribution in [0, 0.1) is 11.8 Å². The Morgan fingerprint density at radius 1 is 1.17 bits per heavy atom. The van der Waals surface area contributed by atoms with E-state index in [1.165, 1.54) is 0 Å². The highest BCUT2D eigenvalue weighted by molar-refractivity contribution is 5.81. The third kappa shape index (κ3) is 1.80. The summed E-state index contributed by atoms with van der Waals surface area (Å²) in [6, 6.07) is 6.86. The molecule has 0 radical (unpaired) electrons. The van der Waals surface area contributed by atoms with Gasteiger partial charge in [0.05, 0.1) is 0 Å². The Hall–Kier alpha value is -1.88. The van der Waals surface area contributed by atoms with Gasteiger partial charge in [-0.15, -0.1) is 0 Å². The molecule has 0 saturated heterocycles. The molecule has 0 fully saturated rings. The SMILES string of the molecule is O=CC#Cc1ccccc1C=O. The van der Waals surface area contributed by atoms with Crippen LogP contribution in [0.3, 0.4) is 0 Å². The highest BCUT2D eigenvalue weighted by Crippen LogP contribution is 2.03. The van der Waals surface area contributed by atoms with Crippen molar-refractivity contribution in [2.24, 2.45) is 0 Å². The summed E-state index contributed by atoms with van der Waals surface area (Å²) in [5, 5.41) is 0. The first kappa shape index (κ1) is 8.22. The van der Waals surface area contributed by atoms with Gasteiger partial charge in [-0.2, -0.15) is 0 Å². The van der Waals surface area contributed by atoms with Crippen LogP contribution in [0.15, 0.2) is 24.3 Å². The third-order valence-corrected chi connectivity index (χ3v) is 1.35. The van der Waals surface area contributed by atoms with E-state index in [9.17, 15) is 9.59 Å². The molecule has 0 spiro atoms. The number of benzene rings is 1. The second kappa shape index (κ2) is 4.09. The minimum Gasteiger partial charge on any atom is -0.298 e. The Morgan fingerprint density at radius 3 is 2.58 bits per heavy atom. The summed E-state index contributed by atoms with van der Waals surface area (Å²) in [6.45, 7) is 0. The molecule has 0 aromatic heterocycles. The molecule has 0 amide bonds. The third-order valence-electron chi connectivity index (χ3n) is 1.35. The van der Waals surface area contributed by atoms with Crippen molar-refractivity contribution in [3.63, 3.8) is 0 Å². The van der Waals surface area contributed by atoms with Crippen LogP contribution in [-0.2, 0) is 4.79 Å². The smallest absolute Gasteiger partial charge is 0.193 e. The Morgan fingerprint density at radius 2 is 1.92 bits per heavy atom. The molecule has 0 atom stereocenters. The molecule has 1 rings (SSSR count). The monoisotopic (exact) mass is 158 g/mol. The van der Waals surface area contributed by atoms with Crippen molar-refractivity contribution in [3.8, 4) is 11.8 Å². The first-order valence-corrected chi connectivity index (χ1v) is 3.38. The van der Waals surface area contributed by atoms with E-state index < -0.39 is 0 Å². The molecule has 58 valence electrons. The van der Waals surface area contributed by atoms with Gasteiger partial charge in [0.1, 0.15) is 0 Å². The van der Waals surface area contributed by atoms with Crippen LogP contribution in [0.25, 0.3) is 0 Å². The van der Waals surface area contributed by atoms with E-state index in [0.29, 0.717) is 17.4 Å². The molecular formula is C10H6O2. The van der Waals surface area contributed by atoms with Crippen molar-refractivity contribution in [1.29, 1.82) is 0 Å². The van der Waals surface area contributed by atoms with Gasteiger partial charge < -0.3 is 0 Å². The summed E-state index contributed by atoms with van der Waals surface area (Å²) in [5.74, 6) is 4.81. The van der Waals surface area contributed by atoms with E-state index in [0.717, 1.165) is 6.29 Å². The second-order valence-corrected chi connectivity index (χ2v) is 2.09. The summed E-state index contributed by atoms with van der Waals surface area (Å²) >= 11 is 0. The highest BCUT2D eigenvalue weighted by Gasteiger charge is 1.94. The number of aldehydes is 2. The Balaban J connectivity index is 3.13. The number of carbonyl (C=O) groups excluding carboxylic acids is 2. The molecule has 2 heteroatoms. The van der Waals surface area contributed by atoms with Crippen LogP contribution >= 0.6 is 0 Å². The van der Waals surface area contributed by atoms with Gasteiger partial charge in [-0.05, 0) is 12.0 Å². The van der Waals surface area contributed by atoms with E-state index in [4.69, 9.17) is 0 Å². The van der Waals surface area contributed by atoms with Crippen LogP contribution in [0.1, 0.15) is 15.9 Å². The number of hydrogen-bond donors (Lipinski definition) is 0. The van der Waals surface area contributed by atoms with Crippen LogP contribution < -0.4 is 0 Å². The summed E-state index contributed by atoms with van der Waals surface area (Å²) in [5.41, 5.74) is 1.09. The van der Waals surface area contributed by atoms with Crippen molar-refractivity contribution in [2.45, 2.75) is 0 Å². The molecule has 0 aliphatic carbocycles. The van der Waals surface area contributed by atoms with E-state index in [2.05, 4.69) is 11.8 Å². The summed E-state index contributed by atoms with van der Waals surface area (Å²) in [4.78, 5) is 20.4. The van der Waals surface area contributed by atoms with Crippen molar-refractivity contribution in [2.75, 3.05) is 0 Å². The predicted molar refractivity (Wildman–Crippen MR) is 44.8 cm³/mol. The van der Waals surface area contributed by atoms with Crippen molar-refractivity contribution in [1.82, 2.24) is 0 Å². The lowest BCUT2D eigenvalue weighted by atomic mass is 10.1. The van der Waals surface area contributed by atoms with Crippen molar-refractivity contribution < 1.29 is 9.59 Å². The maximum atomic E-state index is 10.4. The summed E-state index contributed by atoms with van der Waals surface area (Å²) < 4.78 is 0. The molecule has 12 heavy (non-hydrogen) atoms. The maximum Gasteiger partial charge on any atom is 0.193 e. The largest absolute Gasteiger partial charge is 0.298 e. The lowest BCUT2D eigenvalue weighted by Gasteiger charge is -1.92. The summed E-state index contributed by atoms with van der Waals surface area (Å²) in [7, 11) is 0. The van der Waals surface area contributed by atoms with Crippen LogP contribution in [0.4, 0.5) is 0 Å². The van der Waals surface area contributed by atoms with Gasteiger partial charge in [0, 0.05) is 11.1 Å². The Kier molecular flexibility index (Phi) is 2.80. The quantitative estimate of drug-likeness (QED) is 0.452. The van der Waals surface area contributed by atoms with Gasteiger partial charge in [0.2, 0.25) is 0 Å². The molecule has 1 aromatic rings. The van der Waals surface area contributed by atoms with E-state index in [1.807, 2.05) is 0 Å². The summed E-state index contributed by atoms with van der Waals surface area (Å²) in [6.07, 6.45) is 1.22. The van der Waals surface area contributed by atoms with Crippen molar-refractivity contribution >= 4 is 12.6 Å². The van der Waals surface area contributed by atoms with Gasteiger partial charge in [-0.3, -0.25) is 9.59 Å². The van der Waals surface area contributed by atoms with E-state index in [-0.39, 0.29) is 0 Å². The Labute approximate surface area is 70.2 Å². The van der Waals surface area contributed by atoms with Gasteiger partial charge >= 0.3 is 0 Å². The van der Waals surface area contributed by atoms with E-state index in [1.54, 1.807) is 24.3 Å². The average Bonchev–Trinajstić information content (AvgIpc) is 2.15. The number of carbonyl (C=O) groups is 2. The van der Waals surface area contributed by atoms with Gasteiger partial charge in [-0.25, -0.2) is 0 Å². The second-order valence-electron chi connectivity index (χ2n) is 2.09. The molecular weight excluding hydrogens is 152 g/mol. The normalized spacial score (nSPS) is 8.00. The number of rotatable bonds is 1. The standard InChI is InChI=1S/C10H6O2/c11-7-3-6-9-4-1-2-5-10(9)8-12/h1-2,4-5,7-8H. The molecule has 1 aromatic carbocycles. The van der Waals surface area contributed by atoms with Crippen LogP contribution in [-0.4, -0.2) is 12.6 Å². The lowest BCUT2D eigenvalue weighted by Crippen LogP contribution is -1.85. The molecule has 0 aliphatic heterocycles. The zero-order chi connectivity index (χ0) is 8.81. The minimum atomic E-state index is 0.502. The molecule has 0 N–H and O–H groups in total. The van der Waals surface area contributed by atoms with Crippen LogP contribution in [0.2, 0.25) is 0 Å². The lowest BCUT2D eigenvalue weighted by molar-refractivity contribution is -0.103. The fourth-order valence-corrected chi connectivity index (χ4v) is 0.821. The number of hydrogen-bond acceptors (Lipinski definition) is 2. The first-order valence-electron chi connectivity index (χ1n) is 3.38. The molecule has 0 unspecified atom stereocenters. The fraction of sp³-hybridized carbons (Fsp3) is 0. The van der Waals surface area contributed by atoms with Crippen LogP contribution in [0.5, 0.6) is 0 Å². The zero-order valence-electron chi connectivity index (χ0n) is 6.28. The molecule has 0 saturated carbocycles. The maximum absolute atomic E-state index is 10.4. The fourth-order valence-electron chi connectivity index (χ4n) is 0.821. The van der Waals surface area contributed by atoms with Gasteiger partial charge in [0.15, 0.2) is 12.6 Å². The topological polar surface area (TPSA) is 34.1 Å². The Bertz CT molecular complexity index is 356. The molecule has 0 aliphatic rings. The first-order chi connectivity index (χ1) is 5.88. The highest BCUT2D eigenvalue weighted by atomic mass is 16.1. The minimum absolute atomic E-state index is 0.502. The van der Waals surface area contributed by atoms with Crippen molar-refractivity contribution in [3.05, 3.63) is 35.4 Å². The molecule has 0 bridgehead atoms. The average molecular weight is 158 g/mol. The van der Waals surface area contributed by atoms with Gasteiger partial charge in [0.25, 0.3) is 0 Å². The zero-order valence-corrected chi connectivity index (χ0v) is 6.28. The molecule has 0 heterocycles.